The van der Waals surface area contributed by atoms with Gasteiger partial charge in [-0.2, -0.15) is 18.3 Å². The average Bonchev–Trinajstić information content (AvgIpc) is 2.54. The van der Waals surface area contributed by atoms with E-state index in [1.54, 1.807) is 0 Å². The van der Waals surface area contributed by atoms with E-state index in [1.165, 1.54) is 30.5 Å². The van der Waals surface area contributed by atoms with Gasteiger partial charge >= 0.3 is 11.7 Å². The number of alkyl halides is 3. The number of hydrogen-bond acceptors (Lipinski definition) is 5. The zero-order valence-corrected chi connectivity index (χ0v) is 14.8. The van der Waals surface area contributed by atoms with Crippen molar-refractivity contribution < 1.29 is 26.3 Å². The molecule has 142 valence electrons. The Hall–Kier alpha value is -2.36. The van der Waals surface area contributed by atoms with Crippen LogP contribution in [0.25, 0.3) is 11.1 Å². The lowest BCUT2D eigenvalue weighted by molar-refractivity contribution is -0.172. The van der Waals surface area contributed by atoms with Gasteiger partial charge in [-0.05, 0) is 24.1 Å². The second-order valence-corrected chi connectivity index (χ2v) is 7.83. The molecule has 2 rings (SSSR count). The number of hydrogen-bond donors (Lipinski definition) is 1. The van der Waals surface area contributed by atoms with Crippen LogP contribution in [0.3, 0.4) is 0 Å². The van der Waals surface area contributed by atoms with E-state index in [9.17, 15) is 26.4 Å². The lowest BCUT2D eigenvalue weighted by Gasteiger charge is -2.16. The number of halogens is 3. The minimum Gasteiger partial charge on any atom is -0.487 e. The SMILES string of the molecule is CC(CCOc1c(-c2ccc(S(C)(=O)=O)cc2)cn[nH]c1=O)C(F)(F)F. The molecule has 0 aliphatic carbocycles. The van der Waals surface area contributed by atoms with Gasteiger partial charge in [-0.3, -0.25) is 4.79 Å². The van der Waals surface area contributed by atoms with Gasteiger partial charge in [0.05, 0.1) is 23.6 Å². The van der Waals surface area contributed by atoms with E-state index in [2.05, 4.69) is 10.2 Å². The Morgan fingerprint density at radius 2 is 1.85 bits per heavy atom. The Labute approximate surface area is 147 Å². The fourth-order valence-electron chi connectivity index (χ4n) is 2.12. The second kappa shape index (κ2) is 7.48. The zero-order chi connectivity index (χ0) is 19.5. The molecule has 6 nitrogen and oxygen atoms in total. The van der Waals surface area contributed by atoms with Gasteiger partial charge in [-0.15, -0.1) is 0 Å². The smallest absolute Gasteiger partial charge is 0.391 e. The van der Waals surface area contributed by atoms with Crippen LogP contribution < -0.4 is 10.3 Å². The molecular formula is C16H17F3N2O4S. The van der Waals surface area contributed by atoms with Crippen molar-refractivity contribution in [3.05, 3.63) is 40.8 Å². The van der Waals surface area contributed by atoms with E-state index in [0.717, 1.165) is 13.2 Å². The van der Waals surface area contributed by atoms with E-state index >= 15 is 0 Å². The van der Waals surface area contributed by atoms with Crippen LogP contribution in [0.2, 0.25) is 0 Å². The quantitative estimate of drug-likeness (QED) is 0.819. The number of H-pyrrole nitrogens is 1. The van der Waals surface area contributed by atoms with Crippen LogP contribution in [0.5, 0.6) is 5.75 Å². The summed E-state index contributed by atoms with van der Waals surface area (Å²) in [6.45, 7) is 0.729. The standard InChI is InChI=1S/C16H17F3N2O4S/c1-10(16(17,18)19)7-8-25-14-13(9-20-21-15(14)22)11-3-5-12(6-4-11)26(2,23)24/h3-6,9-10H,7-8H2,1-2H3,(H,21,22). The maximum absolute atomic E-state index is 12.6. The van der Waals surface area contributed by atoms with Crippen molar-refractivity contribution in [1.82, 2.24) is 10.2 Å². The van der Waals surface area contributed by atoms with Gasteiger partial charge in [0.25, 0.3) is 0 Å². The number of rotatable bonds is 6. The molecule has 0 saturated heterocycles. The molecule has 26 heavy (non-hydrogen) atoms. The van der Waals surface area contributed by atoms with Gasteiger partial charge in [-0.25, -0.2) is 13.5 Å². The molecule has 1 aromatic carbocycles. The summed E-state index contributed by atoms with van der Waals surface area (Å²) in [5.74, 6) is -1.73. The summed E-state index contributed by atoms with van der Waals surface area (Å²) in [6.07, 6.45) is -2.29. The molecule has 1 heterocycles. The third-order valence-corrected chi connectivity index (χ3v) is 4.89. The summed E-state index contributed by atoms with van der Waals surface area (Å²) in [5.41, 5.74) is 0.0256. The van der Waals surface area contributed by atoms with E-state index < -0.39 is 27.5 Å². The Kier molecular flexibility index (Phi) is 5.74. The molecule has 1 atom stereocenters. The summed E-state index contributed by atoms with van der Waals surface area (Å²) in [4.78, 5) is 12.0. The fourth-order valence-corrected chi connectivity index (χ4v) is 2.75. The molecule has 0 amide bonds. The molecule has 0 aliphatic heterocycles. The molecule has 1 N–H and O–H groups in total. The number of nitrogens with zero attached hydrogens (tertiary/aromatic N) is 1. The molecule has 1 aromatic heterocycles. The van der Waals surface area contributed by atoms with Crippen LogP contribution in [-0.2, 0) is 9.84 Å². The van der Waals surface area contributed by atoms with Crippen molar-refractivity contribution in [2.45, 2.75) is 24.4 Å². The van der Waals surface area contributed by atoms with Crippen LogP contribution in [0.4, 0.5) is 13.2 Å². The fraction of sp³-hybridized carbons (Fsp3) is 0.375. The third-order valence-electron chi connectivity index (χ3n) is 3.76. The number of ether oxygens (including phenoxy) is 1. The lowest BCUT2D eigenvalue weighted by Crippen LogP contribution is -2.23. The van der Waals surface area contributed by atoms with Crippen molar-refractivity contribution >= 4 is 9.84 Å². The van der Waals surface area contributed by atoms with Crippen molar-refractivity contribution in [3.8, 4) is 16.9 Å². The van der Waals surface area contributed by atoms with E-state index in [1.807, 2.05) is 0 Å². The molecule has 10 heteroatoms. The van der Waals surface area contributed by atoms with Crippen molar-refractivity contribution in [3.63, 3.8) is 0 Å². The van der Waals surface area contributed by atoms with E-state index in [-0.39, 0.29) is 29.2 Å². The van der Waals surface area contributed by atoms with Gasteiger partial charge in [0.1, 0.15) is 0 Å². The van der Waals surface area contributed by atoms with Gasteiger partial charge in [-0.1, -0.05) is 19.1 Å². The van der Waals surface area contributed by atoms with E-state index in [0.29, 0.717) is 5.56 Å². The first-order valence-corrected chi connectivity index (χ1v) is 9.47. The summed E-state index contributed by atoms with van der Waals surface area (Å²) >= 11 is 0. The molecule has 0 fully saturated rings. The maximum atomic E-state index is 12.6. The predicted octanol–water partition coefficient (Wildman–Crippen LogP) is 2.81. The summed E-state index contributed by atoms with van der Waals surface area (Å²) in [6, 6.07) is 5.67. The lowest BCUT2D eigenvalue weighted by atomic mass is 10.1. The normalized spacial score (nSPS) is 13.4. The third kappa shape index (κ3) is 4.84. The largest absolute Gasteiger partial charge is 0.487 e. The first-order valence-electron chi connectivity index (χ1n) is 7.58. The second-order valence-electron chi connectivity index (χ2n) is 5.82. The zero-order valence-electron chi connectivity index (χ0n) is 14.0. The number of sulfone groups is 1. The van der Waals surface area contributed by atoms with Crippen LogP contribution in [0, 0.1) is 5.92 Å². The van der Waals surface area contributed by atoms with Gasteiger partial charge < -0.3 is 4.74 Å². The number of benzene rings is 1. The van der Waals surface area contributed by atoms with Crippen molar-refractivity contribution in [1.29, 1.82) is 0 Å². The van der Waals surface area contributed by atoms with Gasteiger partial charge in [0.15, 0.2) is 15.6 Å². The van der Waals surface area contributed by atoms with E-state index in [4.69, 9.17) is 4.74 Å². The van der Waals surface area contributed by atoms with Crippen LogP contribution in [0.15, 0.2) is 40.2 Å². The molecule has 0 saturated carbocycles. The number of nitrogens with one attached hydrogen (secondary N) is 1. The predicted molar refractivity (Wildman–Crippen MR) is 88.7 cm³/mol. The molecule has 0 aliphatic rings. The highest BCUT2D eigenvalue weighted by molar-refractivity contribution is 7.90. The first-order chi connectivity index (χ1) is 12.0. The van der Waals surface area contributed by atoms with Crippen molar-refractivity contribution in [2.75, 3.05) is 12.9 Å². The molecule has 1 unspecified atom stereocenters. The van der Waals surface area contributed by atoms with Crippen molar-refractivity contribution in [2.24, 2.45) is 5.92 Å². The van der Waals surface area contributed by atoms with Crippen LogP contribution in [0.1, 0.15) is 13.3 Å². The molecule has 0 spiro atoms. The van der Waals surface area contributed by atoms with Crippen LogP contribution in [-0.4, -0.2) is 37.7 Å². The highest BCUT2D eigenvalue weighted by Gasteiger charge is 2.35. The highest BCUT2D eigenvalue weighted by atomic mass is 32.2. The first kappa shape index (κ1) is 20.0. The average molecular weight is 390 g/mol. The summed E-state index contributed by atoms with van der Waals surface area (Å²) in [7, 11) is -3.38. The summed E-state index contributed by atoms with van der Waals surface area (Å²) < 4.78 is 65.9. The van der Waals surface area contributed by atoms with Gasteiger partial charge in [0, 0.05) is 11.8 Å². The Bertz CT molecular complexity index is 922. The summed E-state index contributed by atoms with van der Waals surface area (Å²) in [5, 5.41) is 5.82. The van der Waals surface area contributed by atoms with Gasteiger partial charge in [0.2, 0.25) is 0 Å². The molecule has 0 bridgehead atoms. The van der Waals surface area contributed by atoms with Crippen LogP contribution >= 0.6 is 0 Å². The minimum atomic E-state index is -4.33. The molecule has 2 aromatic rings. The molecular weight excluding hydrogens is 373 g/mol. The maximum Gasteiger partial charge on any atom is 0.391 e. The Morgan fingerprint density at radius 3 is 2.38 bits per heavy atom. The Morgan fingerprint density at radius 1 is 1.23 bits per heavy atom. The highest BCUT2D eigenvalue weighted by Crippen LogP contribution is 2.30. The monoisotopic (exact) mass is 390 g/mol. The number of aromatic amines is 1. The minimum absolute atomic E-state index is 0.0977. The number of aromatic nitrogens is 2. The Balaban J connectivity index is 2.26. The topological polar surface area (TPSA) is 89.1 Å². The molecule has 0 radical (unpaired) electrons.